The number of nitrogens with one attached hydrogen (secondary N) is 2. The number of carbonyl (C=O) groups is 2. The number of ether oxygens (including phenoxy) is 1. The Morgan fingerprint density at radius 3 is 2.28 bits per heavy atom. The number of thiocarbonyl (C=S) groups is 1. The second kappa shape index (κ2) is 8.39. The summed E-state index contributed by atoms with van der Waals surface area (Å²) in [6.07, 6.45) is -0.0428. The Morgan fingerprint density at radius 2 is 1.68 bits per heavy atom. The highest BCUT2D eigenvalue weighted by atomic mass is 32.1. The van der Waals surface area contributed by atoms with E-state index < -0.39 is 0 Å². The molecule has 0 fully saturated rings. The van der Waals surface area contributed by atoms with Crippen LogP contribution in [-0.2, 0) is 0 Å². The predicted molar refractivity (Wildman–Crippen MR) is 102 cm³/mol. The molecule has 0 aliphatic rings. The van der Waals surface area contributed by atoms with Crippen LogP contribution in [0.4, 0.5) is 5.69 Å². The lowest BCUT2D eigenvalue weighted by Crippen LogP contribution is -2.34. The van der Waals surface area contributed by atoms with Crippen molar-refractivity contribution < 1.29 is 14.3 Å². The second-order valence-corrected chi connectivity index (χ2v) is 6.11. The Labute approximate surface area is 152 Å². The van der Waals surface area contributed by atoms with Gasteiger partial charge >= 0.3 is 0 Å². The summed E-state index contributed by atoms with van der Waals surface area (Å²) in [6, 6.07) is 13.8. The molecular formula is C19H20N2O3S. The number of anilines is 1. The third-order valence-corrected chi connectivity index (χ3v) is 3.47. The lowest BCUT2D eigenvalue weighted by atomic mass is 10.1. The maximum atomic E-state index is 12.4. The normalized spacial score (nSPS) is 10.2. The van der Waals surface area contributed by atoms with E-state index in [0.717, 1.165) is 0 Å². The zero-order chi connectivity index (χ0) is 18.4. The fraction of sp³-hybridized carbons (Fsp3) is 0.211. The Kier molecular flexibility index (Phi) is 6.25. The molecule has 0 saturated carbocycles. The fourth-order valence-electron chi connectivity index (χ4n) is 2.13. The van der Waals surface area contributed by atoms with Gasteiger partial charge in [-0.1, -0.05) is 12.1 Å². The molecule has 2 N–H and O–H groups in total. The number of hydrogen-bond acceptors (Lipinski definition) is 4. The van der Waals surface area contributed by atoms with E-state index >= 15 is 0 Å². The van der Waals surface area contributed by atoms with Crippen LogP contribution in [0.2, 0.25) is 0 Å². The summed E-state index contributed by atoms with van der Waals surface area (Å²) in [7, 11) is 0. The second-order valence-electron chi connectivity index (χ2n) is 5.70. The molecule has 5 nitrogen and oxygen atoms in total. The molecule has 0 atom stereocenters. The minimum absolute atomic E-state index is 0.0100. The van der Waals surface area contributed by atoms with Gasteiger partial charge in [0.2, 0.25) is 0 Å². The first-order valence-electron chi connectivity index (χ1n) is 7.86. The Balaban J connectivity index is 2.03. The van der Waals surface area contributed by atoms with E-state index in [9.17, 15) is 9.59 Å². The molecular weight excluding hydrogens is 336 g/mol. The molecule has 0 spiro atoms. The number of amides is 1. The van der Waals surface area contributed by atoms with Crippen LogP contribution < -0.4 is 15.4 Å². The van der Waals surface area contributed by atoms with Crippen molar-refractivity contribution in [2.45, 2.75) is 26.9 Å². The smallest absolute Gasteiger partial charge is 0.261 e. The summed E-state index contributed by atoms with van der Waals surface area (Å²) < 4.78 is 5.65. The zero-order valence-corrected chi connectivity index (χ0v) is 15.1. The van der Waals surface area contributed by atoms with Gasteiger partial charge in [0.15, 0.2) is 10.9 Å². The van der Waals surface area contributed by atoms with E-state index in [4.69, 9.17) is 17.0 Å². The van der Waals surface area contributed by atoms with Crippen molar-refractivity contribution >= 4 is 34.7 Å². The number of carbonyl (C=O) groups excluding carboxylic acids is 2. The van der Waals surface area contributed by atoms with Crippen molar-refractivity contribution in [3.8, 4) is 5.75 Å². The van der Waals surface area contributed by atoms with E-state index in [1.54, 1.807) is 42.5 Å². The van der Waals surface area contributed by atoms with Crippen LogP contribution in [0.25, 0.3) is 0 Å². The lowest BCUT2D eigenvalue weighted by Gasteiger charge is -2.15. The van der Waals surface area contributed by atoms with Gasteiger partial charge in [-0.25, -0.2) is 0 Å². The Hall–Kier alpha value is -2.73. The summed E-state index contributed by atoms with van der Waals surface area (Å²) in [5.74, 6) is 0.141. The molecule has 0 bridgehead atoms. The van der Waals surface area contributed by atoms with E-state index in [1.807, 2.05) is 19.9 Å². The van der Waals surface area contributed by atoms with Gasteiger partial charge in [-0.2, -0.15) is 0 Å². The van der Waals surface area contributed by atoms with E-state index in [-0.39, 0.29) is 22.9 Å². The first kappa shape index (κ1) is 18.6. The molecule has 0 aliphatic heterocycles. The standard InChI is InChI=1S/C19H20N2O3S/c1-12(2)24-17-7-5-4-6-16(17)18(23)21-19(25)20-15-10-8-14(9-11-15)13(3)22/h4-12H,1-3H3,(H2,20,21,23,25). The molecule has 0 heterocycles. The highest BCUT2D eigenvalue weighted by molar-refractivity contribution is 7.80. The van der Waals surface area contributed by atoms with Crippen molar-refractivity contribution in [3.63, 3.8) is 0 Å². The van der Waals surface area contributed by atoms with Gasteiger partial charge in [0.1, 0.15) is 5.75 Å². The lowest BCUT2D eigenvalue weighted by molar-refractivity contribution is 0.0970. The SMILES string of the molecule is CC(=O)c1ccc(NC(=S)NC(=O)c2ccccc2OC(C)C)cc1. The minimum atomic E-state index is -0.353. The quantitative estimate of drug-likeness (QED) is 0.630. The molecule has 2 aromatic carbocycles. The summed E-state index contributed by atoms with van der Waals surface area (Å²) >= 11 is 5.18. The van der Waals surface area contributed by atoms with Gasteiger partial charge in [-0.15, -0.1) is 0 Å². The Bertz CT molecular complexity index is 786. The predicted octanol–water partition coefficient (Wildman–Crippen LogP) is 3.80. The first-order chi connectivity index (χ1) is 11.9. The van der Waals surface area contributed by atoms with E-state index in [1.165, 1.54) is 6.92 Å². The summed E-state index contributed by atoms with van der Waals surface area (Å²) in [6.45, 7) is 5.29. The number of ketones is 1. The highest BCUT2D eigenvalue weighted by Gasteiger charge is 2.14. The van der Waals surface area contributed by atoms with Crippen LogP contribution in [-0.4, -0.2) is 22.9 Å². The Morgan fingerprint density at radius 1 is 1.04 bits per heavy atom. The number of hydrogen-bond donors (Lipinski definition) is 2. The van der Waals surface area contributed by atoms with Gasteiger partial charge < -0.3 is 10.1 Å². The summed E-state index contributed by atoms with van der Waals surface area (Å²) in [5.41, 5.74) is 1.70. The van der Waals surface area contributed by atoms with Gasteiger partial charge in [0, 0.05) is 11.3 Å². The molecule has 2 aromatic rings. The zero-order valence-electron chi connectivity index (χ0n) is 14.3. The van der Waals surface area contributed by atoms with Crippen molar-refractivity contribution in [1.29, 1.82) is 0 Å². The average Bonchev–Trinajstić information content (AvgIpc) is 2.55. The van der Waals surface area contributed by atoms with Gasteiger partial charge in [-0.3, -0.25) is 14.9 Å². The number of rotatable bonds is 5. The van der Waals surface area contributed by atoms with E-state index in [0.29, 0.717) is 22.6 Å². The van der Waals surface area contributed by atoms with Crippen molar-refractivity contribution in [2.24, 2.45) is 0 Å². The van der Waals surface area contributed by atoms with Crippen molar-refractivity contribution in [1.82, 2.24) is 5.32 Å². The highest BCUT2D eigenvalue weighted by Crippen LogP contribution is 2.19. The molecule has 0 aromatic heterocycles. The number of benzene rings is 2. The van der Waals surface area contributed by atoms with Gasteiger partial charge in [-0.05, 0) is 69.4 Å². The van der Waals surface area contributed by atoms with Crippen LogP contribution in [0.15, 0.2) is 48.5 Å². The molecule has 0 radical (unpaired) electrons. The molecule has 0 saturated heterocycles. The fourth-order valence-corrected chi connectivity index (χ4v) is 2.34. The third kappa shape index (κ3) is 5.39. The molecule has 130 valence electrons. The van der Waals surface area contributed by atoms with E-state index in [2.05, 4.69) is 10.6 Å². The molecule has 6 heteroatoms. The maximum Gasteiger partial charge on any atom is 0.261 e. The van der Waals surface area contributed by atoms with Crippen molar-refractivity contribution in [3.05, 3.63) is 59.7 Å². The van der Waals surface area contributed by atoms with Gasteiger partial charge in [0.05, 0.1) is 11.7 Å². The minimum Gasteiger partial charge on any atom is -0.490 e. The largest absolute Gasteiger partial charge is 0.490 e. The molecule has 1 amide bonds. The monoisotopic (exact) mass is 356 g/mol. The van der Waals surface area contributed by atoms with Crippen LogP contribution in [0.5, 0.6) is 5.75 Å². The topological polar surface area (TPSA) is 67.4 Å². The molecule has 0 aliphatic carbocycles. The third-order valence-electron chi connectivity index (χ3n) is 3.27. The van der Waals surface area contributed by atoms with Gasteiger partial charge in [0.25, 0.3) is 5.91 Å². The van der Waals surface area contributed by atoms with Crippen molar-refractivity contribution in [2.75, 3.05) is 5.32 Å². The first-order valence-corrected chi connectivity index (χ1v) is 8.26. The van der Waals surface area contributed by atoms with Crippen LogP contribution in [0.1, 0.15) is 41.5 Å². The summed E-state index contributed by atoms with van der Waals surface area (Å²) in [4.78, 5) is 23.7. The number of Topliss-reactive ketones (excluding diaryl/α,β-unsaturated/α-hetero) is 1. The molecule has 0 unspecified atom stereocenters. The number of para-hydroxylation sites is 1. The maximum absolute atomic E-state index is 12.4. The summed E-state index contributed by atoms with van der Waals surface area (Å²) in [5, 5.41) is 5.71. The van der Waals surface area contributed by atoms with Crippen LogP contribution in [0.3, 0.4) is 0 Å². The molecule has 2 rings (SSSR count). The average molecular weight is 356 g/mol. The van der Waals surface area contributed by atoms with Crippen LogP contribution in [0, 0.1) is 0 Å². The van der Waals surface area contributed by atoms with Crippen LogP contribution >= 0.6 is 12.2 Å². The molecule has 25 heavy (non-hydrogen) atoms.